The zero-order valence-electron chi connectivity index (χ0n) is 10.00. The molecule has 0 saturated heterocycles. The van der Waals surface area contributed by atoms with Crippen molar-refractivity contribution >= 4 is 15.9 Å². The van der Waals surface area contributed by atoms with Crippen molar-refractivity contribution in [2.24, 2.45) is 5.41 Å². The van der Waals surface area contributed by atoms with E-state index in [-0.39, 0.29) is 0 Å². The van der Waals surface area contributed by atoms with Gasteiger partial charge in [0.25, 0.3) is 0 Å². The minimum Gasteiger partial charge on any atom is -0.261 e. The summed E-state index contributed by atoms with van der Waals surface area (Å²) in [5.41, 5.74) is 1.53. The Kier molecular flexibility index (Phi) is 4.32. The molecular weight excluding hydrogens is 250 g/mol. The van der Waals surface area contributed by atoms with Gasteiger partial charge in [0.05, 0.1) is 0 Å². The van der Waals surface area contributed by atoms with Crippen LogP contribution in [0.3, 0.4) is 0 Å². The zero-order chi connectivity index (χ0) is 11.5. The van der Waals surface area contributed by atoms with Crippen molar-refractivity contribution < 1.29 is 0 Å². The first kappa shape index (κ1) is 12.7. The topological polar surface area (TPSA) is 12.9 Å². The fourth-order valence-electron chi connectivity index (χ4n) is 1.59. The lowest BCUT2D eigenvalue weighted by molar-refractivity contribution is 0.361. The van der Waals surface area contributed by atoms with Gasteiger partial charge in [-0.3, -0.25) is 4.98 Å². The molecule has 0 aliphatic heterocycles. The number of rotatable bonds is 3. The summed E-state index contributed by atoms with van der Waals surface area (Å²) in [6, 6.07) is 6.11. The van der Waals surface area contributed by atoms with Gasteiger partial charge in [-0.2, -0.15) is 0 Å². The molecule has 15 heavy (non-hydrogen) atoms. The minimum atomic E-state index is 0.358. The average molecular weight is 270 g/mol. The number of hydrogen-bond donors (Lipinski definition) is 0. The highest BCUT2D eigenvalue weighted by Gasteiger charge is 2.22. The molecule has 0 bridgehead atoms. The van der Waals surface area contributed by atoms with Crippen molar-refractivity contribution in [3.8, 4) is 0 Å². The van der Waals surface area contributed by atoms with E-state index in [1.54, 1.807) is 0 Å². The van der Waals surface area contributed by atoms with E-state index in [4.69, 9.17) is 0 Å². The lowest BCUT2D eigenvalue weighted by Gasteiger charge is -2.26. The summed E-state index contributed by atoms with van der Waals surface area (Å²) in [6.45, 7) is 9.04. The fraction of sp³-hybridized carbons (Fsp3) is 0.615. The Morgan fingerprint density at radius 1 is 1.33 bits per heavy atom. The highest BCUT2D eigenvalue weighted by molar-refractivity contribution is 9.09. The smallest absolute Gasteiger partial charge is 0.0442 e. The van der Waals surface area contributed by atoms with Crippen LogP contribution in [0.25, 0.3) is 0 Å². The summed E-state index contributed by atoms with van der Waals surface area (Å²) in [5.74, 6) is 0.463. The summed E-state index contributed by atoms with van der Waals surface area (Å²) >= 11 is 3.78. The lowest BCUT2D eigenvalue weighted by Crippen LogP contribution is -2.18. The number of pyridine rings is 1. The second kappa shape index (κ2) is 5.11. The molecule has 0 N–H and O–H groups in total. The number of aromatic nitrogens is 1. The first-order chi connectivity index (χ1) is 6.90. The van der Waals surface area contributed by atoms with Crippen LogP contribution in [0, 0.1) is 5.41 Å². The van der Waals surface area contributed by atoms with Gasteiger partial charge in [-0.05, 0) is 24.0 Å². The van der Waals surface area contributed by atoms with E-state index in [2.05, 4.69) is 60.7 Å². The van der Waals surface area contributed by atoms with Gasteiger partial charge in [0.2, 0.25) is 0 Å². The molecule has 0 aromatic carbocycles. The molecule has 1 aromatic rings. The fourth-order valence-corrected chi connectivity index (χ4v) is 2.83. The van der Waals surface area contributed by atoms with Gasteiger partial charge >= 0.3 is 0 Å². The van der Waals surface area contributed by atoms with Gasteiger partial charge in [0.1, 0.15) is 0 Å². The second-order valence-electron chi connectivity index (χ2n) is 5.32. The number of halogens is 1. The maximum atomic E-state index is 4.40. The van der Waals surface area contributed by atoms with Crippen LogP contribution in [0.5, 0.6) is 0 Å². The molecule has 0 aliphatic carbocycles. The zero-order valence-corrected chi connectivity index (χ0v) is 11.6. The van der Waals surface area contributed by atoms with Gasteiger partial charge in [0, 0.05) is 22.6 Å². The predicted octanol–water partition coefficient (Wildman–Crippen LogP) is 4.38. The van der Waals surface area contributed by atoms with Crippen molar-refractivity contribution in [2.45, 2.75) is 44.9 Å². The van der Waals surface area contributed by atoms with Crippen LogP contribution in [0.2, 0.25) is 0 Å². The van der Waals surface area contributed by atoms with Crippen molar-refractivity contribution in [1.82, 2.24) is 4.98 Å². The number of hydrogen-bond acceptors (Lipinski definition) is 1. The van der Waals surface area contributed by atoms with Crippen LogP contribution < -0.4 is 0 Å². The van der Waals surface area contributed by atoms with E-state index in [0.717, 1.165) is 6.42 Å². The molecule has 0 aliphatic rings. The van der Waals surface area contributed by atoms with Crippen LogP contribution in [-0.4, -0.2) is 9.81 Å². The minimum absolute atomic E-state index is 0.358. The van der Waals surface area contributed by atoms with Crippen molar-refractivity contribution in [1.29, 1.82) is 0 Å². The molecule has 2 atom stereocenters. The van der Waals surface area contributed by atoms with Crippen LogP contribution >= 0.6 is 15.9 Å². The standard InChI is InChI=1S/C13H20BrN/c1-10(11(14)9-13(2,3)4)12-7-5-6-8-15-12/h5-8,10-11H,9H2,1-4H3. The Morgan fingerprint density at radius 3 is 2.47 bits per heavy atom. The van der Waals surface area contributed by atoms with E-state index in [1.165, 1.54) is 5.69 Å². The van der Waals surface area contributed by atoms with Crippen LogP contribution in [0.1, 0.15) is 45.7 Å². The molecule has 2 heteroatoms. The van der Waals surface area contributed by atoms with E-state index in [1.807, 2.05) is 12.3 Å². The quantitative estimate of drug-likeness (QED) is 0.742. The van der Waals surface area contributed by atoms with Gasteiger partial charge in [-0.1, -0.05) is 49.7 Å². The molecule has 1 nitrogen and oxygen atoms in total. The highest BCUT2D eigenvalue weighted by Crippen LogP contribution is 2.32. The molecule has 0 saturated carbocycles. The SMILES string of the molecule is CC(c1ccccn1)C(Br)CC(C)(C)C. The van der Waals surface area contributed by atoms with Gasteiger partial charge in [0.15, 0.2) is 0 Å². The largest absolute Gasteiger partial charge is 0.261 e. The molecule has 2 unspecified atom stereocenters. The Bertz CT molecular complexity index is 289. The Balaban J connectivity index is 2.65. The van der Waals surface area contributed by atoms with Crippen molar-refractivity contribution in [3.05, 3.63) is 30.1 Å². The van der Waals surface area contributed by atoms with Crippen LogP contribution in [0.15, 0.2) is 24.4 Å². The molecular formula is C13H20BrN. The first-order valence-electron chi connectivity index (χ1n) is 5.45. The molecule has 1 rings (SSSR count). The second-order valence-corrected chi connectivity index (χ2v) is 6.50. The Morgan fingerprint density at radius 2 is 2.00 bits per heavy atom. The van der Waals surface area contributed by atoms with Crippen LogP contribution in [-0.2, 0) is 0 Å². The third kappa shape index (κ3) is 4.33. The third-order valence-corrected chi connectivity index (χ3v) is 3.62. The average Bonchev–Trinajstić information content (AvgIpc) is 2.15. The molecule has 1 aromatic heterocycles. The summed E-state index contributed by atoms with van der Waals surface area (Å²) in [4.78, 5) is 4.89. The molecule has 84 valence electrons. The molecule has 0 amide bonds. The number of alkyl halides is 1. The Labute approximate surface area is 101 Å². The normalized spacial score (nSPS) is 16.1. The summed E-state index contributed by atoms with van der Waals surface area (Å²) < 4.78 is 0. The van der Waals surface area contributed by atoms with E-state index >= 15 is 0 Å². The monoisotopic (exact) mass is 269 g/mol. The van der Waals surface area contributed by atoms with E-state index in [0.29, 0.717) is 16.2 Å². The Hall–Kier alpha value is -0.370. The maximum absolute atomic E-state index is 4.40. The lowest BCUT2D eigenvalue weighted by atomic mass is 9.86. The van der Waals surface area contributed by atoms with Gasteiger partial charge in [-0.25, -0.2) is 0 Å². The van der Waals surface area contributed by atoms with E-state index < -0.39 is 0 Å². The van der Waals surface area contributed by atoms with Crippen molar-refractivity contribution in [2.75, 3.05) is 0 Å². The molecule has 0 fully saturated rings. The van der Waals surface area contributed by atoms with Gasteiger partial charge in [-0.15, -0.1) is 0 Å². The highest BCUT2D eigenvalue weighted by atomic mass is 79.9. The summed E-state index contributed by atoms with van der Waals surface area (Å²) in [5, 5.41) is 0. The maximum Gasteiger partial charge on any atom is 0.0442 e. The van der Waals surface area contributed by atoms with Gasteiger partial charge < -0.3 is 0 Å². The first-order valence-corrected chi connectivity index (χ1v) is 6.37. The number of nitrogens with zero attached hydrogens (tertiary/aromatic N) is 1. The molecule has 0 radical (unpaired) electrons. The van der Waals surface area contributed by atoms with Crippen LogP contribution in [0.4, 0.5) is 0 Å². The summed E-state index contributed by atoms with van der Waals surface area (Å²) in [7, 11) is 0. The predicted molar refractivity (Wildman–Crippen MR) is 69.4 cm³/mol. The molecule has 0 spiro atoms. The molecule has 1 heterocycles. The third-order valence-electron chi connectivity index (χ3n) is 2.50. The summed E-state index contributed by atoms with van der Waals surface area (Å²) in [6.07, 6.45) is 3.02. The van der Waals surface area contributed by atoms with E-state index in [9.17, 15) is 0 Å². The van der Waals surface area contributed by atoms with Crippen molar-refractivity contribution in [3.63, 3.8) is 0 Å².